The molecule has 0 amide bonds. The summed E-state index contributed by atoms with van der Waals surface area (Å²) in [4.78, 5) is 2.52. The van der Waals surface area contributed by atoms with Gasteiger partial charge in [0.25, 0.3) is 0 Å². The van der Waals surface area contributed by atoms with Crippen LogP contribution >= 0.6 is 0 Å². The molecule has 1 unspecified atom stereocenters. The molecule has 1 fully saturated rings. The van der Waals surface area contributed by atoms with Gasteiger partial charge in [-0.3, -0.25) is 0 Å². The van der Waals surface area contributed by atoms with E-state index in [4.69, 9.17) is 0 Å². The van der Waals surface area contributed by atoms with Gasteiger partial charge in [-0.15, -0.1) is 0 Å². The zero-order valence-electron chi connectivity index (χ0n) is 11.8. The van der Waals surface area contributed by atoms with E-state index in [0.717, 1.165) is 19.5 Å². The van der Waals surface area contributed by atoms with Crippen molar-refractivity contribution in [3.05, 3.63) is 0 Å². The molecule has 3 heteroatoms. The molecular weight excluding hydrogens is 212 g/mol. The van der Waals surface area contributed by atoms with Gasteiger partial charge in [-0.05, 0) is 44.2 Å². The Morgan fingerprint density at radius 3 is 2.47 bits per heavy atom. The summed E-state index contributed by atoms with van der Waals surface area (Å²) in [6.45, 7) is 11.5. The molecule has 1 heterocycles. The van der Waals surface area contributed by atoms with Crippen molar-refractivity contribution in [2.75, 3.05) is 32.8 Å². The Labute approximate surface area is 107 Å². The molecule has 0 spiro atoms. The smallest absolute Gasteiger partial charge is 0.0597 e. The van der Waals surface area contributed by atoms with Crippen LogP contribution in [0.2, 0.25) is 0 Å². The van der Waals surface area contributed by atoms with Crippen LogP contribution in [0, 0.1) is 5.41 Å². The van der Waals surface area contributed by atoms with Crippen molar-refractivity contribution in [3.63, 3.8) is 0 Å². The lowest BCUT2D eigenvalue weighted by Gasteiger charge is -2.28. The van der Waals surface area contributed by atoms with Crippen LogP contribution in [-0.2, 0) is 0 Å². The van der Waals surface area contributed by atoms with Gasteiger partial charge in [-0.1, -0.05) is 20.8 Å². The summed E-state index contributed by atoms with van der Waals surface area (Å²) in [5.41, 5.74) is 0.546. The van der Waals surface area contributed by atoms with E-state index in [0.29, 0.717) is 5.41 Å². The molecule has 0 aromatic carbocycles. The minimum atomic E-state index is 0.250. The molecule has 17 heavy (non-hydrogen) atoms. The van der Waals surface area contributed by atoms with E-state index in [1.165, 1.54) is 32.4 Å². The van der Waals surface area contributed by atoms with Gasteiger partial charge >= 0.3 is 0 Å². The second-order valence-electron chi connectivity index (χ2n) is 5.53. The summed E-state index contributed by atoms with van der Waals surface area (Å²) >= 11 is 0. The van der Waals surface area contributed by atoms with E-state index < -0.39 is 0 Å². The highest BCUT2D eigenvalue weighted by Crippen LogP contribution is 2.36. The maximum absolute atomic E-state index is 9.37. The zero-order chi connectivity index (χ0) is 12.7. The van der Waals surface area contributed by atoms with Crippen LogP contribution in [0.25, 0.3) is 0 Å². The lowest BCUT2D eigenvalue weighted by atomic mass is 9.82. The highest BCUT2D eigenvalue weighted by atomic mass is 16.3. The Morgan fingerprint density at radius 1 is 1.29 bits per heavy atom. The van der Waals surface area contributed by atoms with Gasteiger partial charge in [-0.2, -0.15) is 0 Å². The van der Waals surface area contributed by atoms with Crippen molar-refractivity contribution < 1.29 is 5.11 Å². The topological polar surface area (TPSA) is 35.5 Å². The molecule has 0 radical (unpaired) electrons. The van der Waals surface area contributed by atoms with E-state index in [2.05, 4.69) is 31.0 Å². The third-order valence-corrected chi connectivity index (χ3v) is 4.40. The summed E-state index contributed by atoms with van der Waals surface area (Å²) < 4.78 is 0. The molecule has 0 aromatic heterocycles. The number of nitrogens with zero attached hydrogens (tertiary/aromatic N) is 1. The van der Waals surface area contributed by atoms with Crippen LogP contribution in [0.1, 0.15) is 46.5 Å². The number of rotatable bonds is 8. The molecule has 1 saturated heterocycles. The Kier molecular flexibility index (Phi) is 6.45. The Morgan fingerprint density at radius 2 is 2.00 bits per heavy atom. The predicted molar refractivity (Wildman–Crippen MR) is 73.2 cm³/mol. The molecule has 2 N–H and O–H groups in total. The molecule has 1 rings (SSSR count). The SMILES string of the molecule is CCCNC(CO)CN1CCC(CC)(CC)C1. The Balaban J connectivity index is 2.37. The van der Waals surface area contributed by atoms with E-state index in [-0.39, 0.29) is 12.6 Å². The summed E-state index contributed by atoms with van der Waals surface area (Å²) in [5, 5.41) is 12.8. The maximum atomic E-state index is 9.37. The molecule has 0 bridgehead atoms. The zero-order valence-corrected chi connectivity index (χ0v) is 11.8. The fourth-order valence-corrected chi connectivity index (χ4v) is 2.86. The van der Waals surface area contributed by atoms with Gasteiger partial charge < -0.3 is 15.3 Å². The van der Waals surface area contributed by atoms with Crippen LogP contribution in [0.15, 0.2) is 0 Å². The van der Waals surface area contributed by atoms with Gasteiger partial charge in [0.05, 0.1) is 6.61 Å². The van der Waals surface area contributed by atoms with Crippen LogP contribution < -0.4 is 5.32 Å². The fourth-order valence-electron chi connectivity index (χ4n) is 2.86. The monoisotopic (exact) mass is 242 g/mol. The van der Waals surface area contributed by atoms with Crippen LogP contribution in [0.5, 0.6) is 0 Å². The highest BCUT2D eigenvalue weighted by Gasteiger charge is 2.35. The molecule has 0 aromatic rings. The fraction of sp³-hybridized carbons (Fsp3) is 1.00. The van der Waals surface area contributed by atoms with Gasteiger partial charge in [0, 0.05) is 19.1 Å². The number of hydrogen-bond donors (Lipinski definition) is 2. The summed E-state index contributed by atoms with van der Waals surface area (Å²) in [5.74, 6) is 0. The average Bonchev–Trinajstić information content (AvgIpc) is 2.78. The van der Waals surface area contributed by atoms with Gasteiger partial charge in [0.15, 0.2) is 0 Å². The Hall–Kier alpha value is -0.120. The van der Waals surface area contributed by atoms with Crippen LogP contribution in [-0.4, -0.2) is 48.8 Å². The van der Waals surface area contributed by atoms with E-state index >= 15 is 0 Å². The van der Waals surface area contributed by atoms with Gasteiger partial charge in [0.1, 0.15) is 0 Å². The third-order valence-electron chi connectivity index (χ3n) is 4.40. The van der Waals surface area contributed by atoms with E-state index in [1.54, 1.807) is 0 Å². The van der Waals surface area contributed by atoms with Crippen molar-refractivity contribution in [2.45, 2.75) is 52.5 Å². The summed E-state index contributed by atoms with van der Waals surface area (Å²) in [7, 11) is 0. The molecule has 1 aliphatic heterocycles. The minimum Gasteiger partial charge on any atom is -0.395 e. The standard InChI is InChI=1S/C14H30N2O/c1-4-8-15-13(11-17)10-16-9-7-14(5-2,6-3)12-16/h13,15,17H,4-12H2,1-3H3. The number of nitrogens with one attached hydrogen (secondary N) is 1. The first kappa shape index (κ1) is 14.9. The summed E-state index contributed by atoms with van der Waals surface area (Å²) in [6.07, 6.45) is 5.02. The van der Waals surface area contributed by atoms with Crippen molar-refractivity contribution >= 4 is 0 Å². The molecule has 0 aliphatic carbocycles. The summed E-state index contributed by atoms with van der Waals surface area (Å²) in [6, 6.07) is 0.250. The van der Waals surface area contributed by atoms with E-state index in [1.807, 2.05) is 0 Å². The number of aliphatic hydroxyl groups is 1. The largest absolute Gasteiger partial charge is 0.395 e. The first-order valence-electron chi connectivity index (χ1n) is 7.26. The van der Waals surface area contributed by atoms with Crippen LogP contribution in [0.3, 0.4) is 0 Å². The minimum absolute atomic E-state index is 0.250. The quantitative estimate of drug-likeness (QED) is 0.682. The first-order chi connectivity index (χ1) is 8.19. The molecule has 1 atom stereocenters. The van der Waals surface area contributed by atoms with E-state index in [9.17, 15) is 5.11 Å². The number of aliphatic hydroxyl groups excluding tert-OH is 1. The molecule has 3 nitrogen and oxygen atoms in total. The number of likely N-dealkylation sites (tertiary alicyclic amines) is 1. The lowest BCUT2D eigenvalue weighted by molar-refractivity contribution is 0.181. The van der Waals surface area contributed by atoms with Crippen molar-refractivity contribution in [1.82, 2.24) is 10.2 Å². The van der Waals surface area contributed by atoms with Crippen molar-refractivity contribution in [2.24, 2.45) is 5.41 Å². The van der Waals surface area contributed by atoms with Gasteiger partial charge in [0.2, 0.25) is 0 Å². The van der Waals surface area contributed by atoms with Crippen LogP contribution in [0.4, 0.5) is 0 Å². The predicted octanol–water partition coefficient (Wildman–Crippen LogP) is 1.86. The normalized spacial score (nSPS) is 21.9. The molecule has 102 valence electrons. The second-order valence-corrected chi connectivity index (χ2v) is 5.53. The molecular formula is C14H30N2O. The first-order valence-corrected chi connectivity index (χ1v) is 7.26. The second kappa shape index (κ2) is 7.34. The van der Waals surface area contributed by atoms with Crippen molar-refractivity contribution in [3.8, 4) is 0 Å². The van der Waals surface area contributed by atoms with Gasteiger partial charge in [-0.25, -0.2) is 0 Å². The Bertz CT molecular complexity index is 204. The highest BCUT2D eigenvalue weighted by molar-refractivity contribution is 4.89. The molecule has 1 aliphatic rings. The number of hydrogen-bond acceptors (Lipinski definition) is 3. The average molecular weight is 242 g/mol. The lowest BCUT2D eigenvalue weighted by Crippen LogP contribution is -2.43. The molecule has 0 saturated carbocycles. The third kappa shape index (κ3) is 4.23. The van der Waals surface area contributed by atoms with Crippen molar-refractivity contribution in [1.29, 1.82) is 0 Å². The maximum Gasteiger partial charge on any atom is 0.0597 e.